The highest BCUT2D eigenvalue weighted by atomic mass is 32.1. The molecule has 1 atom stereocenters. The first kappa shape index (κ1) is 10.0. The van der Waals surface area contributed by atoms with Crippen LogP contribution in [-0.2, 0) is 10.3 Å². The van der Waals surface area contributed by atoms with Gasteiger partial charge >= 0.3 is 0 Å². The van der Waals surface area contributed by atoms with Crippen molar-refractivity contribution in [3.05, 3.63) is 29.3 Å². The van der Waals surface area contributed by atoms with E-state index in [0.29, 0.717) is 18.8 Å². The summed E-state index contributed by atoms with van der Waals surface area (Å²) in [6.07, 6.45) is 0.562. The number of hydrogen-bond acceptors (Lipinski definition) is 5. The van der Waals surface area contributed by atoms with Crippen molar-refractivity contribution in [2.45, 2.75) is 12.0 Å². The van der Waals surface area contributed by atoms with E-state index in [-0.39, 0.29) is 6.61 Å². The first-order chi connectivity index (χ1) is 7.78. The smallest absolute Gasteiger partial charge is 0.171 e. The van der Waals surface area contributed by atoms with Gasteiger partial charge in [0.25, 0.3) is 0 Å². The number of thiophene rings is 1. The second-order valence-corrected chi connectivity index (χ2v) is 4.84. The van der Waals surface area contributed by atoms with Gasteiger partial charge in [-0.2, -0.15) is 0 Å². The molecular formula is C11H11NO3S. The Morgan fingerprint density at radius 1 is 1.50 bits per heavy atom. The van der Waals surface area contributed by atoms with Crippen LogP contribution in [0.5, 0.6) is 0 Å². The Morgan fingerprint density at radius 2 is 2.44 bits per heavy atom. The zero-order valence-electron chi connectivity index (χ0n) is 8.55. The number of ether oxygens (including phenoxy) is 1. The maximum Gasteiger partial charge on any atom is 0.171 e. The fraction of sp³-hybridized carbons (Fsp3) is 0.364. The standard InChI is InChI=1S/C11H11NO3S/c13-11(3-4-14-7-11)10-6-8(12-15-10)9-2-1-5-16-9/h1-2,5-6,13H,3-4,7H2. The van der Waals surface area contributed by atoms with Crippen LogP contribution in [0.25, 0.3) is 10.6 Å². The summed E-state index contributed by atoms with van der Waals surface area (Å²) in [5.74, 6) is 0.494. The summed E-state index contributed by atoms with van der Waals surface area (Å²) in [6.45, 7) is 0.845. The second-order valence-electron chi connectivity index (χ2n) is 3.89. The molecule has 1 N–H and O–H groups in total. The Morgan fingerprint density at radius 3 is 3.12 bits per heavy atom. The number of hydrogen-bond donors (Lipinski definition) is 1. The summed E-state index contributed by atoms with van der Waals surface area (Å²) in [6, 6.07) is 5.73. The van der Waals surface area contributed by atoms with Gasteiger partial charge in [0.05, 0.1) is 18.1 Å². The molecule has 0 saturated carbocycles. The van der Waals surface area contributed by atoms with Crippen molar-refractivity contribution in [3.63, 3.8) is 0 Å². The molecule has 1 aliphatic rings. The van der Waals surface area contributed by atoms with Gasteiger partial charge in [0.15, 0.2) is 11.4 Å². The van der Waals surface area contributed by atoms with Crippen molar-refractivity contribution in [2.75, 3.05) is 13.2 Å². The molecule has 3 heterocycles. The zero-order chi connectivity index (χ0) is 11.0. The highest BCUT2D eigenvalue weighted by Gasteiger charge is 2.38. The molecule has 1 saturated heterocycles. The minimum atomic E-state index is -0.998. The van der Waals surface area contributed by atoms with Gasteiger partial charge in [-0.05, 0) is 11.4 Å². The van der Waals surface area contributed by atoms with Gasteiger partial charge in [-0.15, -0.1) is 11.3 Å². The van der Waals surface area contributed by atoms with Crippen molar-refractivity contribution >= 4 is 11.3 Å². The maximum atomic E-state index is 10.2. The van der Waals surface area contributed by atoms with Crippen molar-refractivity contribution in [1.82, 2.24) is 5.16 Å². The molecule has 84 valence electrons. The predicted molar refractivity (Wildman–Crippen MR) is 59.1 cm³/mol. The zero-order valence-corrected chi connectivity index (χ0v) is 9.37. The van der Waals surface area contributed by atoms with Crippen molar-refractivity contribution in [2.24, 2.45) is 0 Å². The van der Waals surface area contributed by atoms with Gasteiger partial charge in [-0.1, -0.05) is 11.2 Å². The van der Waals surface area contributed by atoms with Crippen LogP contribution in [0.4, 0.5) is 0 Å². The molecule has 0 radical (unpaired) electrons. The van der Waals surface area contributed by atoms with E-state index in [9.17, 15) is 5.11 Å². The molecule has 4 nitrogen and oxygen atoms in total. The number of aliphatic hydroxyl groups is 1. The van der Waals surface area contributed by atoms with E-state index < -0.39 is 5.60 Å². The lowest BCUT2D eigenvalue weighted by molar-refractivity contribution is 0.0000202. The molecule has 0 aliphatic carbocycles. The molecular weight excluding hydrogens is 226 g/mol. The van der Waals surface area contributed by atoms with Crippen LogP contribution >= 0.6 is 11.3 Å². The molecule has 1 unspecified atom stereocenters. The minimum Gasteiger partial charge on any atom is -0.379 e. The summed E-state index contributed by atoms with van der Waals surface area (Å²) < 4.78 is 10.4. The van der Waals surface area contributed by atoms with Gasteiger partial charge in [0, 0.05) is 12.5 Å². The summed E-state index contributed by atoms with van der Waals surface area (Å²) >= 11 is 1.60. The van der Waals surface area contributed by atoms with Crippen LogP contribution < -0.4 is 0 Å². The lowest BCUT2D eigenvalue weighted by atomic mass is 10.00. The largest absolute Gasteiger partial charge is 0.379 e. The molecule has 16 heavy (non-hydrogen) atoms. The summed E-state index contributed by atoms with van der Waals surface area (Å²) in [5.41, 5.74) is -0.229. The van der Waals surface area contributed by atoms with E-state index in [4.69, 9.17) is 9.26 Å². The van der Waals surface area contributed by atoms with Crippen LogP contribution in [0.1, 0.15) is 12.2 Å². The van der Waals surface area contributed by atoms with Crippen LogP contribution in [0.15, 0.2) is 28.1 Å². The van der Waals surface area contributed by atoms with Gasteiger partial charge < -0.3 is 14.4 Å². The average Bonchev–Trinajstić information content (AvgIpc) is 2.98. The third-order valence-corrected chi connectivity index (χ3v) is 3.64. The molecule has 0 bridgehead atoms. The monoisotopic (exact) mass is 237 g/mol. The lowest BCUT2D eigenvalue weighted by Crippen LogP contribution is -2.24. The summed E-state index contributed by atoms with van der Waals surface area (Å²) in [5, 5.41) is 16.2. The topological polar surface area (TPSA) is 55.5 Å². The van der Waals surface area contributed by atoms with Crippen molar-refractivity contribution < 1.29 is 14.4 Å². The van der Waals surface area contributed by atoms with E-state index in [2.05, 4.69) is 5.16 Å². The van der Waals surface area contributed by atoms with Gasteiger partial charge in [-0.3, -0.25) is 0 Å². The molecule has 1 fully saturated rings. The fourth-order valence-electron chi connectivity index (χ4n) is 1.78. The highest BCUT2D eigenvalue weighted by molar-refractivity contribution is 7.13. The molecule has 0 amide bonds. The number of rotatable bonds is 2. The maximum absolute atomic E-state index is 10.2. The van der Waals surface area contributed by atoms with Gasteiger partial charge in [-0.25, -0.2) is 0 Å². The van der Waals surface area contributed by atoms with Crippen LogP contribution in [0, 0.1) is 0 Å². The quantitative estimate of drug-likeness (QED) is 0.868. The molecule has 0 spiro atoms. The minimum absolute atomic E-state index is 0.284. The average molecular weight is 237 g/mol. The Kier molecular flexibility index (Phi) is 2.31. The second kappa shape index (κ2) is 3.69. The lowest BCUT2D eigenvalue weighted by Gasteiger charge is -2.15. The molecule has 2 aromatic heterocycles. The molecule has 2 aromatic rings. The Labute approximate surface area is 96.5 Å². The van der Waals surface area contributed by atoms with E-state index in [1.165, 1.54) is 0 Å². The Hall–Kier alpha value is -1.17. The molecule has 1 aliphatic heterocycles. The molecule has 3 rings (SSSR count). The Bertz CT molecular complexity index is 471. The third-order valence-electron chi connectivity index (χ3n) is 2.74. The first-order valence-electron chi connectivity index (χ1n) is 5.09. The molecule has 5 heteroatoms. The third kappa shape index (κ3) is 1.57. The highest BCUT2D eigenvalue weighted by Crippen LogP contribution is 2.33. The van der Waals surface area contributed by atoms with Crippen molar-refractivity contribution in [1.29, 1.82) is 0 Å². The fourth-order valence-corrected chi connectivity index (χ4v) is 2.46. The van der Waals surface area contributed by atoms with E-state index in [1.54, 1.807) is 17.4 Å². The van der Waals surface area contributed by atoms with E-state index in [0.717, 1.165) is 10.6 Å². The normalized spacial score (nSPS) is 25.1. The summed E-state index contributed by atoms with van der Waals surface area (Å²) in [4.78, 5) is 1.04. The molecule has 0 aromatic carbocycles. The SMILES string of the molecule is OC1(c2cc(-c3cccs3)no2)CCOC1. The predicted octanol–water partition coefficient (Wildman–Crippen LogP) is 2.01. The van der Waals surface area contributed by atoms with Crippen LogP contribution in [0.2, 0.25) is 0 Å². The van der Waals surface area contributed by atoms with Gasteiger partial charge in [0.1, 0.15) is 5.69 Å². The van der Waals surface area contributed by atoms with Gasteiger partial charge in [0.2, 0.25) is 0 Å². The van der Waals surface area contributed by atoms with E-state index >= 15 is 0 Å². The summed E-state index contributed by atoms with van der Waals surface area (Å²) in [7, 11) is 0. The number of nitrogens with zero attached hydrogens (tertiary/aromatic N) is 1. The van der Waals surface area contributed by atoms with Crippen LogP contribution in [-0.4, -0.2) is 23.5 Å². The van der Waals surface area contributed by atoms with Crippen LogP contribution in [0.3, 0.4) is 0 Å². The van der Waals surface area contributed by atoms with E-state index in [1.807, 2.05) is 17.5 Å². The van der Waals surface area contributed by atoms with Crippen molar-refractivity contribution in [3.8, 4) is 10.6 Å². The number of aromatic nitrogens is 1. The Balaban J connectivity index is 1.93. The first-order valence-corrected chi connectivity index (χ1v) is 5.97.